The smallest absolute Gasteiger partial charge is 0.409 e. The van der Waals surface area contributed by atoms with E-state index in [1.165, 1.54) is 34.1 Å². The number of aliphatic carboxylic acids is 1. The molecule has 1 aromatic heterocycles. The molecule has 3 rings (SSSR count). The molecule has 2 heterocycles. The Labute approximate surface area is 207 Å². The number of hydrogen-bond donors (Lipinski definition) is 2. The van der Waals surface area contributed by atoms with Crippen LogP contribution in [0.2, 0.25) is 0 Å². The molecule has 0 aliphatic carbocycles. The number of piperazine rings is 1. The summed E-state index contributed by atoms with van der Waals surface area (Å²) < 4.78 is 18.6. The Morgan fingerprint density at radius 1 is 1.11 bits per heavy atom. The molecule has 0 bridgehead atoms. The first-order valence-corrected chi connectivity index (χ1v) is 11.5. The van der Waals surface area contributed by atoms with E-state index in [-0.39, 0.29) is 57.1 Å². The first-order chi connectivity index (χ1) is 17.2. The summed E-state index contributed by atoms with van der Waals surface area (Å²) in [7, 11) is 0. The number of aryl methyl sites for hydroxylation is 1. The topological polar surface area (TPSA) is 142 Å². The number of carboxylic acid groups (broad SMARTS) is 1. The van der Waals surface area contributed by atoms with Crippen LogP contribution in [-0.2, 0) is 14.3 Å². The van der Waals surface area contributed by atoms with Crippen molar-refractivity contribution in [3.05, 3.63) is 47.5 Å². The summed E-state index contributed by atoms with van der Waals surface area (Å²) in [5.41, 5.74) is 0.797. The fourth-order valence-corrected chi connectivity index (χ4v) is 3.74. The number of rotatable bonds is 8. The molecule has 11 nitrogen and oxygen atoms in total. The van der Waals surface area contributed by atoms with Crippen LogP contribution in [0, 0.1) is 12.7 Å². The maximum absolute atomic E-state index is 13.7. The van der Waals surface area contributed by atoms with E-state index in [4.69, 9.17) is 9.84 Å². The minimum atomic E-state index is -1.12. The Kier molecular flexibility index (Phi) is 8.87. The molecule has 1 atom stereocenters. The number of ether oxygens (including phenoxy) is 1. The van der Waals surface area contributed by atoms with Crippen molar-refractivity contribution in [3.8, 4) is 11.4 Å². The van der Waals surface area contributed by atoms with E-state index in [9.17, 15) is 23.6 Å². The van der Waals surface area contributed by atoms with Crippen molar-refractivity contribution in [1.29, 1.82) is 0 Å². The maximum atomic E-state index is 13.7. The molecular formula is C24H28FN5O6. The predicted octanol–water partition coefficient (Wildman–Crippen LogP) is 1.86. The van der Waals surface area contributed by atoms with Crippen LogP contribution in [0.25, 0.3) is 11.4 Å². The van der Waals surface area contributed by atoms with Gasteiger partial charge in [-0.15, -0.1) is 0 Å². The highest BCUT2D eigenvalue weighted by Crippen LogP contribution is 2.17. The zero-order valence-corrected chi connectivity index (χ0v) is 20.1. The second-order valence-electron chi connectivity index (χ2n) is 8.20. The van der Waals surface area contributed by atoms with Gasteiger partial charge in [-0.25, -0.2) is 19.2 Å². The van der Waals surface area contributed by atoms with Gasteiger partial charge in [-0.1, -0.05) is 12.1 Å². The summed E-state index contributed by atoms with van der Waals surface area (Å²) in [6.07, 6.45) is -0.927. The Balaban J connectivity index is 1.75. The van der Waals surface area contributed by atoms with Crippen molar-refractivity contribution in [1.82, 2.24) is 25.1 Å². The van der Waals surface area contributed by atoms with Gasteiger partial charge in [0.15, 0.2) is 5.82 Å². The summed E-state index contributed by atoms with van der Waals surface area (Å²) in [4.78, 5) is 60.7. The van der Waals surface area contributed by atoms with Gasteiger partial charge in [-0.05, 0) is 38.5 Å². The Morgan fingerprint density at radius 2 is 1.81 bits per heavy atom. The minimum absolute atomic E-state index is 0.0398. The number of hydrogen-bond acceptors (Lipinski definition) is 7. The third-order valence-corrected chi connectivity index (χ3v) is 5.54. The molecule has 36 heavy (non-hydrogen) atoms. The second kappa shape index (κ2) is 12.0. The van der Waals surface area contributed by atoms with Crippen molar-refractivity contribution in [2.24, 2.45) is 0 Å². The van der Waals surface area contributed by atoms with Crippen LogP contribution in [0.1, 0.15) is 35.9 Å². The first-order valence-electron chi connectivity index (χ1n) is 11.5. The van der Waals surface area contributed by atoms with E-state index in [0.717, 1.165) is 0 Å². The lowest BCUT2D eigenvalue weighted by Gasteiger charge is -2.35. The summed E-state index contributed by atoms with van der Waals surface area (Å²) in [6, 6.07) is 5.93. The normalized spacial score (nSPS) is 14.2. The highest BCUT2D eigenvalue weighted by molar-refractivity contribution is 5.96. The highest BCUT2D eigenvalue weighted by atomic mass is 19.1. The number of carbonyl (C=O) groups excluding carboxylic acids is 3. The lowest BCUT2D eigenvalue weighted by molar-refractivity contribution is -0.138. The van der Waals surface area contributed by atoms with Gasteiger partial charge in [0.25, 0.3) is 5.91 Å². The molecule has 12 heteroatoms. The molecule has 1 unspecified atom stereocenters. The van der Waals surface area contributed by atoms with Gasteiger partial charge in [0.1, 0.15) is 17.6 Å². The summed E-state index contributed by atoms with van der Waals surface area (Å²) >= 11 is 0. The SMILES string of the molecule is CCOC(=O)N1CCN(C(=O)C(CCC(=O)O)NC(=O)c2cc(C)nc(-c3cccc(F)c3)n2)CC1. The van der Waals surface area contributed by atoms with Crippen molar-refractivity contribution in [3.63, 3.8) is 0 Å². The van der Waals surface area contributed by atoms with Gasteiger partial charge in [0.05, 0.1) is 6.61 Å². The van der Waals surface area contributed by atoms with Gasteiger partial charge < -0.3 is 25.0 Å². The second-order valence-corrected chi connectivity index (χ2v) is 8.20. The monoisotopic (exact) mass is 501 g/mol. The third kappa shape index (κ3) is 6.96. The summed E-state index contributed by atoms with van der Waals surface area (Å²) in [5, 5.41) is 11.7. The van der Waals surface area contributed by atoms with E-state index >= 15 is 0 Å². The molecular weight excluding hydrogens is 473 g/mol. The number of carboxylic acids is 1. The zero-order chi connectivity index (χ0) is 26.2. The van der Waals surface area contributed by atoms with E-state index < -0.39 is 35.7 Å². The molecule has 0 saturated carbocycles. The fraction of sp³-hybridized carbons (Fsp3) is 0.417. The molecule has 1 aromatic carbocycles. The van der Waals surface area contributed by atoms with Crippen molar-refractivity contribution >= 4 is 23.9 Å². The average Bonchev–Trinajstić information content (AvgIpc) is 2.85. The predicted molar refractivity (Wildman–Crippen MR) is 125 cm³/mol. The number of benzene rings is 1. The number of nitrogens with zero attached hydrogens (tertiary/aromatic N) is 4. The lowest BCUT2D eigenvalue weighted by atomic mass is 10.1. The number of aromatic nitrogens is 2. The van der Waals surface area contributed by atoms with Gasteiger partial charge in [-0.3, -0.25) is 14.4 Å². The largest absolute Gasteiger partial charge is 0.481 e. The van der Waals surface area contributed by atoms with E-state index in [1.807, 2.05) is 0 Å². The van der Waals surface area contributed by atoms with Gasteiger partial charge >= 0.3 is 12.1 Å². The van der Waals surface area contributed by atoms with Crippen molar-refractivity contribution < 1.29 is 33.4 Å². The standard InChI is InChI=1S/C24H28FN5O6/c1-3-36-24(35)30-11-9-29(10-12-30)23(34)18(7-8-20(31)32)28-22(33)19-13-15(2)26-21(27-19)16-5-4-6-17(25)14-16/h4-6,13-14,18H,3,7-12H2,1-2H3,(H,28,33)(H,31,32). The van der Waals surface area contributed by atoms with E-state index in [1.54, 1.807) is 19.9 Å². The Hall–Kier alpha value is -4.09. The van der Waals surface area contributed by atoms with Gasteiger partial charge in [0.2, 0.25) is 5.91 Å². The molecule has 0 spiro atoms. The summed E-state index contributed by atoms with van der Waals surface area (Å²) in [5.74, 6) is -2.59. The Bertz CT molecular complexity index is 1140. The van der Waals surface area contributed by atoms with Crippen LogP contribution in [0.3, 0.4) is 0 Å². The van der Waals surface area contributed by atoms with Crippen molar-refractivity contribution in [2.75, 3.05) is 32.8 Å². The molecule has 2 aromatic rings. The van der Waals surface area contributed by atoms with Crippen LogP contribution >= 0.6 is 0 Å². The van der Waals surface area contributed by atoms with Gasteiger partial charge in [-0.2, -0.15) is 0 Å². The maximum Gasteiger partial charge on any atom is 0.409 e. The number of halogens is 1. The molecule has 2 N–H and O–H groups in total. The molecule has 1 saturated heterocycles. The quantitative estimate of drug-likeness (QED) is 0.558. The number of nitrogens with one attached hydrogen (secondary N) is 1. The zero-order valence-electron chi connectivity index (χ0n) is 20.1. The number of carbonyl (C=O) groups is 4. The van der Waals surface area contributed by atoms with Crippen LogP contribution < -0.4 is 5.32 Å². The molecule has 1 aliphatic rings. The van der Waals surface area contributed by atoms with Gasteiger partial charge in [0, 0.05) is 43.9 Å². The van der Waals surface area contributed by atoms with E-state index in [2.05, 4.69) is 15.3 Å². The van der Waals surface area contributed by atoms with Crippen molar-refractivity contribution in [2.45, 2.75) is 32.7 Å². The molecule has 1 fully saturated rings. The van der Waals surface area contributed by atoms with Crippen LogP contribution in [0.5, 0.6) is 0 Å². The van der Waals surface area contributed by atoms with E-state index in [0.29, 0.717) is 11.3 Å². The highest BCUT2D eigenvalue weighted by Gasteiger charge is 2.31. The molecule has 3 amide bonds. The first kappa shape index (κ1) is 26.5. The van der Waals surface area contributed by atoms with Crippen LogP contribution in [-0.4, -0.2) is 87.6 Å². The molecule has 0 radical (unpaired) electrons. The third-order valence-electron chi connectivity index (χ3n) is 5.54. The van der Waals surface area contributed by atoms with Crippen LogP contribution in [0.15, 0.2) is 30.3 Å². The van der Waals surface area contributed by atoms with Crippen LogP contribution in [0.4, 0.5) is 9.18 Å². The molecule has 192 valence electrons. The number of amides is 3. The minimum Gasteiger partial charge on any atom is -0.481 e. The fourth-order valence-electron chi connectivity index (χ4n) is 3.74. The lowest BCUT2D eigenvalue weighted by Crippen LogP contribution is -2.56. The summed E-state index contributed by atoms with van der Waals surface area (Å²) in [6.45, 7) is 4.54. The average molecular weight is 502 g/mol. The Morgan fingerprint density at radius 3 is 2.44 bits per heavy atom. The molecule has 1 aliphatic heterocycles.